The number of nitrogens with one attached hydrogen (secondary N) is 1. The van der Waals surface area contributed by atoms with Crippen molar-refractivity contribution in [3.63, 3.8) is 0 Å². The van der Waals surface area contributed by atoms with E-state index >= 15 is 0 Å². The number of carbonyl (C=O) groups is 1. The van der Waals surface area contributed by atoms with E-state index in [1.54, 1.807) is 36.7 Å². The lowest BCUT2D eigenvalue weighted by atomic mass is 10.3. The summed E-state index contributed by atoms with van der Waals surface area (Å²) in [5.41, 5.74) is 3.41. The fraction of sp³-hybridized carbons (Fsp3) is 0.0909. The smallest absolute Gasteiger partial charge is 0.409 e. The quantitative estimate of drug-likeness (QED) is 0.836. The van der Waals surface area contributed by atoms with Crippen molar-refractivity contribution < 1.29 is 9.53 Å². The van der Waals surface area contributed by atoms with Crippen LogP contribution in [-0.2, 0) is 0 Å². The maximum Gasteiger partial charge on any atom is 0.433 e. The molecule has 0 atom stereocenters. The SMILES string of the molecule is Cc1cnn(NC(=O)Oc2ccccc2)c1. The summed E-state index contributed by atoms with van der Waals surface area (Å²) in [6.45, 7) is 1.88. The van der Waals surface area contributed by atoms with Gasteiger partial charge >= 0.3 is 6.09 Å². The number of hydrogen-bond donors (Lipinski definition) is 1. The molecule has 2 rings (SSSR count). The number of hydrogen-bond acceptors (Lipinski definition) is 3. The third kappa shape index (κ3) is 2.60. The van der Waals surface area contributed by atoms with Gasteiger partial charge in [0.1, 0.15) is 5.75 Å². The molecule has 0 unspecified atom stereocenters. The van der Waals surface area contributed by atoms with Crippen molar-refractivity contribution in [3.8, 4) is 5.75 Å². The van der Waals surface area contributed by atoms with E-state index in [2.05, 4.69) is 10.5 Å². The largest absolute Gasteiger partial charge is 0.433 e. The van der Waals surface area contributed by atoms with Gasteiger partial charge in [0, 0.05) is 0 Å². The van der Waals surface area contributed by atoms with Crippen LogP contribution in [0, 0.1) is 6.92 Å². The molecule has 0 aliphatic heterocycles. The average molecular weight is 217 g/mol. The van der Waals surface area contributed by atoms with Crippen LogP contribution in [0.5, 0.6) is 5.75 Å². The van der Waals surface area contributed by atoms with Crippen LogP contribution in [-0.4, -0.2) is 16.0 Å². The molecule has 0 fully saturated rings. The summed E-state index contributed by atoms with van der Waals surface area (Å²) in [6.07, 6.45) is 2.75. The Morgan fingerprint density at radius 1 is 1.38 bits per heavy atom. The lowest BCUT2D eigenvalue weighted by Gasteiger charge is -2.05. The van der Waals surface area contributed by atoms with Crippen molar-refractivity contribution in [1.82, 2.24) is 9.89 Å². The Kier molecular flexibility index (Phi) is 2.86. The number of aromatic nitrogens is 2. The molecule has 2 aromatic rings. The second-order valence-corrected chi connectivity index (χ2v) is 3.28. The van der Waals surface area contributed by atoms with E-state index in [4.69, 9.17) is 4.74 Å². The Hall–Kier alpha value is -2.30. The van der Waals surface area contributed by atoms with Crippen molar-refractivity contribution in [2.45, 2.75) is 6.92 Å². The lowest BCUT2D eigenvalue weighted by molar-refractivity contribution is 0.211. The Balaban J connectivity index is 1.95. The molecule has 0 radical (unpaired) electrons. The third-order valence-corrected chi connectivity index (χ3v) is 1.87. The van der Waals surface area contributed by atoms with E-state index in [-0.39, 0.29) is 0 Å². The molecule has 82 valence electrons. The zero-order chi connectivity index (χ0) is 11.4. The Morgan fingerprint density at radius 3 is 2.75 bits per heavy atom. The molecule has 0 spiro atoms. The maximum atomic E-state index is 11.4. The fourth-order valence-corrected chi connectivity index (χ4v) is 1.19. The molecular weight excluding hydrogens is 206 g/mol. The van der Waals surface area contributed by atoms with Crippen LogP contribution in [0.4, 0.5) is 4.79 Å². The second kappa shape index (κ2) is 4.48. The van der Waals surface area contributed by atoms with Crippen molar-refractivity contribution in [1.29, 1.82) is 0 Å². The van der Waals surface area contributed by atoms with Crippen LogP contribution in [0.2, 0.25) is 0 Å². The van der Waals surface area contributed by atoms with Crippen LogP contribution in [0.1, 0.15) is 5.56 Å². The molecular formula is C11H11N3O2. The normalized spacial score (nSPS) is 9.81. The van der Waals surface area contributed by atoms with Crippen LogP contribution in [0.25, 0.3) is 0 Å². The van der Waals surface area contributed by atoms with Crippen molar-refractivity contribution >= 4 is 6.09 Å². The van der Waals surface area contributed by atoms with Crippen LogP contribution in [0.3, 0.4) is 0 Å². The Morgan fingerprint density at radius 2 is 2.12 bits per heavy atom. The number of nitrogens with zero attached hydrogens (tertiary/aromatic N) is 2. The van der Waals surface area contributed by atoms with Crippen molar-refractivity contribution in [2.24, 2.45) is 0 Å². The molecule has 1 aromatic carbocycles. The summed E-state index contributed by atoms with van der Waals surface area (Å²) in [5.74, 6) is 0.490. The summed E-state index contributed by atoms with van der Waals surface area (Å²) in [6, 6.07) is 8.84. The first-order chi connectivity index (χ1) is 7.74. The van der Waals surface area contributed by atoms with Gasteiger partial charge < -0.3 is 4.74 Å². The van der Waals surface area contributed by atoms with Gasteiger partial charge in [-0.25, -0.2) is 10.2 Å². The van der Waals surface area contributed by atoms with Crippen LogP contribution >= 0.6 is 0 Å². The molecule has 0 aliphatic rings. The number of rotatable bonds is 2. The number of ether oxygens (including phenoxy) is 1. The molecule has 1 heterocycles. The number of amides is 1. The monoisotopic (exact) mass is 217 g/mol. The van der Waals surface area contributed by atoms with E-state index in [0.717, 1.165) is 5.56 Å². The number of benzene rings is 1. The number of aryl methyl sites for hydroxylation is 1. The zero-order valence-corrected chi connectivity index (χ0v) is 8.75. The summed E-state index contributed by atoms with van der Waals surface area (Å²) in [7, 11) is 0. The molecule has 5 heteroatoms. The molecule has 0 aliphatic carbocycles. The molecule has 0 saturated heterocycles. The molecule has 0 bridgehead atoms. The first-order valence-electron chi connectivity index (χ1n) is 4.79. The van der Waals surface area contributed by atoms with Crippen LogP contribution in [0.15, 0.2) is 42.7 Å². The Bertz CT molecular complexity index is 479. The molecule has 1 amide bonds. The predicted molar refractivity (Wildman–Crippen MR) is 58.8 cm³/mol. The minimum absolute atomic E-state index is 0.490. The maximum absolute atomic E-state index is 11.4. The topological polar surface area (TPSA) is 56.2 Å². The van der Waals surface area contributed by atoms with Crippen molar-refractivity contribution in [2.75, 3.05) is 5.43 Å². The van der Waals surface area contributed by atoms with E-state index in [1.165, 1.54) is 4.79 Å². The van der Waals surface area contributed by atoms with E-state index < -0.39 is 6.09 Å². The average Bonchev–Trinajstić information content (AvgIpc) is 2.65. The van der Waals surface area contributed by atoms with Gasteiger partial charge in [0.25, 0.3) is 0 Å². The molecule has 16 heavy (non-hydrogen) atoms. The summed E-state index contributed by atoms with van der Waals surface area (Å²) in [4.78, 5) is 12.7. The standard InChI is InChI=1S/C11H11N3O2/c1-9-7-12-14(8-9)13-11(15)16-10-5-3-2-4-6-10/h2-8H,1H3,(H,13,15). The second-order valence-electron chi connectivity index (χ2n) is 3.28. The lowest BCUT2D eigenvalue weighted by Crippen LogP contribution is -2.26. The van der Waals surface area contributed by atoms with E-state index in [9.17, 15) is 4.79 Å². The first-order valence-corrected chi connectivity index (χ1v) is 4.79. The minimum atomic E-state index is -0.575. The number of para-hydroxylation sites is 1. The first kappa shape index (κ1) is 10.2. The van der Waals surface area contributed by atoms with Gasteiger partial charge in [0.2, 0.25) is 0 Å². The van der Waals surface area contributed by atoms with Crippen LogP contribution < -0.4 is 10.2 Å². The summed E-state index contributed by atoms with van der Waals surface area (Å²) < 4.78 is 5.02. The highest BCUT2D eigenvalue weighted by molar-refractivity contribution is 5.77. The highest BCUT2D eigenvalue weighted by Gasteiger charge is 2.04. The predicted octanol–water partition coefficient (Wildman–Crippen LogP) is 1.93. The van der Waals surface area contributed by atoms with E-state index in [1.807, 2.05) is 13.0 Å². The van der Waals surface area contributed by atoms with Gasteiger partial charge in [0.05, 0.1) is 12.4 Å². The van der Waals surface area contributed by atoms with Gasteiger partial charge in [-0.05, 0) is 24.6 Å². The highest BCUT2D eigenvalue weighted by atomic mass is 16.6. The molecule has 1 N–H and O–H groups in total. The third-order valence-electron chi connectivity index (χ3n) is 1.87. The van der Waals surface area contributed by atoms with Gasteiger partial charge in [-0.3, -0.25) is 0 Å². The van der Waals surface area contributed by atoms with Gasteiger partial charge in [-0.2, -0.15) is 9.89 Å². The molecule has 5 nitrogen and oxygen atoms in total. The fourth-order valence-electron chi connectivity index (χ4n) is 1.19. The summed E-state index contributed by atoms with van der Waals surface area (Å²) >= 11 is 0. The molecule has 0 saturated carbocycles. The summed E-state index contributed by atoms with van der Waals surface area (Å²) in [5, 5.41) is 3.90. The zero-order valence-electron chi connectivity index (χ0n) is 8.75. The van der Waals surface area contributed by atoms with E-state index in [0.29, 0.717) is 5.75 Å². The van der Waals surface area contributed by atoms with Crippen molar-refractivity contribution in [3.05, 3.63) is 48.3 Å². The minimum Gasteiger partial charge on any atom is -0.409 e. The Labute approximate surface area is 92.6 Å². The highest BCUT2D eigenvalue weighted by Crippen LogP contribution is 2.08. The molecule has 1 aromatic heterocycles. The van der Waals surface area contributed by atoms with Gasteiger partial charge in [0.15, 0.2) is 0 Å². The number of carbonyl (C=O) groups excluding carboxylic acids is 1. The van der Waals surface area contributed by atoms with Gasteiger partial charge in [-0.15, -0.1) is 0 Å². The van der Waals surface area contributed by atoms with Gasteiger partial charge in [-0.1, -0.05) is 18.2 Å².